The monoisotopic (exact) mass is 465 g/mol. The minimum Gasteiger partial charge on any atom is -0.378 e. The number of pyridine rings is 1. The molecule has 2 saturated heterocycles. The number of benzene rings is 1. The molecule has 2 fully saturated rings. The van der Waals surface area contributed by atoms with Crippen LogP contribution >= 0.6 is 0 Å². The fraction of sp³-hybridized carbons (Fsp3) is 0.500. The summed E-state index contributed by atoms with van der Waals surface area (Å²) in [5.74, 6) is 1.93. The van der Waals surface area contributed by atoms with Crippen molar-refractivity contribution in [2.75, 3.05) is 61.6 Å². The van der Waals surface area contributed by atoms with Crippen LogP contribution in [0.3, 0.4) is 0 Å². The van der Waals surface area contributed by atoms with Gasteiger partial charge in [-0.2, -0.15) is 0 Å². The molecule has 1 aromatic heterocycles. The highest BCUT2D eigenvalue weighted by molar-refractivity contribution is 5.92. The first-order valence-corrected chi connectivity index (χ1v) is 12.1. The fourth-order valence-corrected chi connectivity index (χ4v) is 4.51. The van der Waals surface area contributed by atoms with E-state index in [1.54, 1.807) is 11.9 Å². The van der Waals surface area contributed by atoms with Gasteiger partial charge in [0.25, 0.3) is 0 Å². The third-order valence-corrected chi connectivity index (χ3v) is 6.90. The van der Waals surface area contributed by atoms with E-state index < -0.39 is 0 Å². The Kier molecular flexibility index (Phi) is 7.36. The van der Waals surface area contributed by atoms with Crippen LogP contribution in [0.1, 0.15) is 32.3 Å². The number of anilines is 3. The van der Waals surface area contributed by atoms with E-state index in [1.807, 2.05) is 29.2 Å². The van der Waals surface area contributed by atoms with Crippen LogP contribution in [0.15, 0.2) is 30.3 Å². The van der Waals surface area contributed by atoms with Crippen molar-refractivity contribution >= 4 is 29.3 Å². The summed E-state index contributed by atoms with van der Waals surface area (Å²) < 4.78 is 5.50. The number of nitrogens with one attached hydrogen (secondary N) is 1. The number of amides is 3. The number of aryl methyl sites for hydroxylation is 1. The molecule has 0 unspecified atom stereocenters. The van der Waals surface area contributed by atoms with E-state index in [-0.39, 0.29) is 11.9 Å². The lowest BCUT2D eigenvalue weighted by Gasteiger charge is -2.29. The summed E-state index contributed by atoms with van der Waals surface area (Å²) in [4.78, 5) is 35.3. The van der Waals surface area contributed by atoms with E-state index in [0.717, 1.165) is 67.2 Å². The van der Waals surface area contributed by atoms with Gasteiger partial charge in [0.2, 0.25) is 5.91 Å². The van der Waals surface area contributed by atoms with E-state index in [4.69, 9.17) is 9.72 Å². The number of rotatable bonds is 5. The number of hydrogen-bond acceptors (Lipinski definition) is 5. The maximum atomic E-state index is 12.8. The van der Waals surface area contributed by atoms with Gasteiger partial charge < -0.3 is 24.8 Å². The van der Waals surface area contributed by atoms with Crippen molar-refractivity contribution in [3.63, 3.8) is 0 Å². The quantitative estimate of drug-likeness (QED) is 0.718. The van der Waals surface area contributed by atoms with Crippen molar-refractivity contribution in [1.29, 1.82) is 0 Å². The van der Waals surface area contributed by atoms with Crippen molar-refractivity contribution in [2.24, 2.45) is 5.92 Å². The number of nitrogens with zero attached hydrogens (tertiary/aromatic N) is 4. The molecule has 8 nitrogen and oxygen atoms in total. The highest BCUT2D eigenvalue weighted by Gasteiger charge is 2.25. The number of aromatic nitrogens is 1. The van der Waals surface area contributed by atoms with Gasteiger partial charge in [0.1, 0.15) is 11.6 Å². The van der Waals surface area contributed by atoms with Gasteiger partial charge in [0.05, 0.1) is 13.2 Å². The topological polar surface area (TPSA) is 78.0 Å². The Morgan fingerprint density at radius 3 is 2.62 bits per heavy atom. The normalized spacial score (nSPS) is 18.2. The van der Waals surface area contributed by atoms with Gasteiger partial charge in [-0.15, -0.1) is 0 Å². The lowest BCUT2D eigenvalue weighted by Crippen LogP contribution is -2.37. The van der Waals surface area contributed by atoms with Crippen LogP contribution in [0, 0.1) is 12.8 Å². The van der Waals surface area contributed by atoms with Crippen LogP contribution in [0.2, 0.25) is 0 Å². The second-order valence-electron chi connectivity index (χ2n) is 9.22. The number of carbonyl (C=O) groups excluding carboxylic acids is 2. The summed E-state index contributed by atoms with van der Waals surface area (Å²) in [6.45, 7) is 10.2. The molecule has 3 heterocycles. The molecular weight excluding hydrogens is 430 g/mol. The standard InChI is InChI=1S/C26H35N5O3/c1-5-20-8-9-31(17-20)26(33)27-22-7-6-18(2)23(16-22)21-14-24(29(4)19(3)32)28-25(15-21)30-10-12-34-13-11-30/h6-7,14-16,20H,5,8-13,17H2,1-4H3,(H,27,33)/t20-/m1/s1. The van der Waals surface area contributed by atoms with Gasteiger partial charge in [0.15, 0.2) is 0 Å². The van der Waals surface area contributed by atoms with Crippen LogP contribution in [-0.2, 0) is 9.53 Å². The molecule has 3 amide bonds. The zero-order valence-electron chi connectivity index (χ0n) is 20.6. The fourth-order valence-electron chi connectivity index (χ4n) is 4.51. The number of likely N-dealkylation sites (tertiary alicyclic amines) is 1. The molecular formula is C26H35N5O3. The van der Waals surface area contributed by atoms with Crippen LogP contribution in [-0.4, -0.2) is 68.3 Å². The van der Waals surface area contributed by atoms with Crippen molar-refractivity contribution in [2.45, 2.75) is 33.6 Å². The molecule has 0 spiro atoms. The van der Waals surface area contributed by atoms with Crippen LogP contribution in [0.25, 0.3) is 11.1 Å². The average molecular weight is 466 g/mol. The summed E-state index contributed by atoms with van der Waals surface area (Å²) in [6.07, 6.45) is 2.17. The third-order valence-electron chi connectivity index (χ3n) is 6.90. The molecule has 4 rings (SSSR count). The SMILES string of the molecule is CC[C@@H]1CCN(C(=O)Nc2ccc(C)c(-c3cc(N4CCOCC4)nc(N(C)C(C)=O)c3)c2)C1. The molecule has 8 heteroatoms. The molecule has 0 bridgehead atoms. The van der Waals surface area contributed by atoms with Gasteiger partial charge in [0, 0.05) is 45.8 Å². The summed E-state index contributed by atoms with van der Waals surface area (Å²) in [6, 6.07) is 9.92. The lowest BCUT2D eigenvalue weighted by atomic mass is 10.00. The van der Waals surface area contributed by atoms with Crippen molar-refractivity contribution in [3.8, 4) is 11.1 Å². The van der Waals surface area contributed by atoms with Gasteiger partial charge in [-0.1, -0.05) is 19.4 Å². The van der Waals surface area contributed by atoms with E-state index in [0.29, 0.717) is 24.9 Å². The highest BCUT2D eigenvalue weighted by atomic mass is 16.5. The van der Waals surface area contributed by atoms with E-state index in [9.17, 15) is 9.59 Å². The van der Waals surface area contributed by atoms with E-state index >= 15 is 0 Å². The number of hydrogen-bond donors (Lipinski definition) is 1. The molecule has 2 aliphatic heterocycles. The van der Waals surface area contributed by atoms with E-state index in [1.165, 1.54) is 6.92 Å². The molecule has 34 heavy (non-hydrogen) atoms. The Bertz CT molecular complexity index is 1050. The summed E-state index contributed by atoms with van der Waals surface area (Å²) in [5, 5.41) is 3.08. The zero-order chi connectivity index (χ0) is 24.2. The smallest absolute Gasteiger partial charge is 0.321 e. The first-order valence-electron chi connectivity index (χ1n) is 12.1. The lowest BCUT2D eigenvalue weighted by molar-refractivity contribution is -0.116. The van der Waals surface area contributed by atoms with Crippen LogP contribution in [0.5, 0.6) is 0 Å². The Balaban J connectivity index is 1.65. The molecule has 1 aromatic carbocycles. The second kappa shape index (κ2) is 10.4. The van der Waals surface area contributed by atoms with Gasteiger partial charge >= 0.3 is 6.03 Å². The van der Waals surface area contributed by atoms with Gasteiger partial charge in [-0.05, 0) is 60.2 Å². The Labute approximate surface area is 201 Å². The molecule has 0 saturated carbocycles. The molecule has 1 N–H and O–H groups in total. The molecule has 182 valence electrons. The predicted molar refractivity (Wildman–Crippen MR) is 136 cm³/mol. The average Bonchev–Trinajstić information content (AvgIpc) is 3.34. The second-order valence-corrected chi connectivity index (χ2v) is 9.22. The highest BCUT2D eigenvalue weighted by Crippen LogP contribution is 2.32. The van der Waals surface area contributed by atoms with Gasteiger partial charge in [-0.25, -0.2) is 9.78 Å². The van der Waals surface area contributed by atoms with Crippen LogP contribution in [0.4, 0.5) is 22.1 Å². The predicted octanol–water partition coefficient (Wildman–Crippen LogP) is 4.14. The maximum Gasteiger partial charge on any atom is 0.321 e. The molecule has 2 aliphatic rings. The largest absolute Gasteiger partial charge is 0.378 e. The molecule has 1 atom stereocenters. The third kappa shape index (κ3) is 5.33. The maximum absolute atomic E-state index is 12.8. The number of morpholine rings is 1. The first kappa shape index (κ1) is 24.0. The van der Waals surface area contributed by atoms with E-state index in [2.05, 4.69) is 30.1 Å². The zero-order valence-corrected chi connectivity index (χ0v) is 20.6. The van der Waals surface area contributed by atoms with Crippen molar-refractivity contribution < 1.29 is 14.3 Å². The summed E-state index contributed by atoms with van der Waals surface area (Å²) in [7, 11) is 1.74. The Morgan fingerprint density at radius 2 is 1.94 bits per heavy atom. The van der Waals surface area contributed by atoms with Gasteiger partial charge in [-0.3, -0.25) is 4.79 Å². The number of ether oxygens (including phenoxy) is 1. The Hall–Kier alpha value is -3.13. The summed E-state index contributed by atoms with van der Waals surface area (Å²) >= 11 is 0. The first-order chi connectivity index (χ1) is 16.4. The number of urea groups is 1. The minimum atomic E-state index is -0.0775. The molecule has 0 aliphatic carbocycles. The van der Waals surface area contributed by atoms with Crippen molar-refractivity contribution in [3.05, 3.63) is 35.9 Å². The molecule has 0 radical (unpaired) electrons. The molecule has 2 aromatic rings. The summed E-state index contributed by atoms with van der Waals surface area (Å²) in [5.41, 5.74) is 3.80. The Morgan fingerprint density at radius 1 is 1.18 bits per heavy atom. The minimum absolute atomic E-state index is 0.0495. The number of carbonyl (C=O) groups is 2. The van der Waals surface area contributed by atoms with Crippen LogP contribution < -0.4 is 15.1 Å². The van der Waals surface area contributed by atoms with Crippen molar-refractivity contribution in [1.82, 2.24) is 9.88 Å².